The number of rotatable bonds is 3. The van der Waals surface area contributed by atoms with E-state index in [4.69, 9.17) is 0 Å². The highest BCUT2D eigenvalue weighted by molar-refractivity contribution is 5.73. The second-order valence-electron chi connectivity index (χ2n) is 6.93. The number of hydrogen-bond donors (Lipinski definition) is 0. The van der Waals surface area contributed by atoms with Gasteiger partial charge >= 0.3 is 0 Å². The third-order valence-electron chi connectivity index (χ3n) is 4.93. The Bertz CT molecular complexity index is 891. The van der Waals surface area contributed by atoms with Crippen LogP contribution in [-0.4, -0.2) is 28.1 Å². The molecule has 2 aromatic rings. The molecule has 2 atom stereocenters. The Morgan fingerprint density at radius 3 is 2.38 bits per heavy atom. The number of hydrogen-bond acceptors (Lipinski definition) is 3. The van der Waals surface area contributed by atoms with E-state index in [-0.39, 0.29) is 29.1 Å². The zero-order chi connectivity index (χ0) is 21.6. The molecule has 0 N–H and O–H groups in total. The maximum Gasteiger partial charge on any atom is 0.219 e. The van der Waals surface area contributed by atoms with Gasteiger partial charge in [0.1, 0.15) is 11.6 Å². The predicted octanol–water partition coefficient (Wildman–Crippen LogP) is 5.59. The molecule has 3 rings (SSSR count). The zero-order valence-electron chi connectivity index (χ0n) is 17.3. The highest BCUT2D eigenvalue weighted by Crippen LogP contribution is 2.41. The number of benzene rings is 1. The van der Waals surface area contributed by atoms with Gasteiger partial charge in [0.15, 0.2) is 0 Å². The monoisotopic (exact) mass is 399 g/mol. The first-order chi connectivity index (χ1) is 13.8. The number of carbonyl (C=O) groups excluding carboxylic acids is 1. The topological polar surface area (TPSA) is 46.1 Å². The van der Waals surface area contributed by atoms with Gasteiger partial charge in [0.2, 0.25) is 5.91 Å². The molecule has 0 saturated heterocycles. The van der Waals surface area contributed by atoms with Crippen molar-refractivity contribution in [1.82, 2.24) is 15.1 Å². The van der Waals surface area contributed by atoms with Gasteiger partial charge in [-0.25, -0.2) is 8.78 Å². The zero-order valence-corrected chi connectivity index (χ0v) is 17.3. The summed E-state index contributed by atoms with van der Waals surface area (Å²) in [4.78, 5) is 13.4. The van der Waals surface area contributed by atoms with Crippen molar-refractivity contribution in [1.29, 1.82) is 0 Å². The Labute approximate surface area is 171 Å². The van der Waals surface area contributed by atoms with Crippen molar-refractivity contribution in [3.63, 3.8) is 0 Å². The molecule has 1 heterocycles. The Morgan fingerprint density at radius 2 is 1.83 bits per heavy atom. The van der Waals surface area contributed by atoms with Crippen LogP contribution in [0.25, 0.3) is 11.3 Å². The molecule has 6 heteroatoms. The summed E-state index contributed by atoms with van der Waals surface area (Å²) in [7, 11) is 1.74. The van der Waals surface area contributed by atoms with Gasteiger partial charge in [-0.3, -0.25) is 4.79 Å². The van der Waals surface area contributed by atoms with Crippen molar-refractivity contribution in [2.75, 3.05) is 7.05 Å². The van der Waals surface area contributed by atoms with Crippen molar-refractivity contribution in [3.8, 4) is 11.3 Å². The second-order valence-corrected chi connectivity index (χ2v) is 6.93. The van der Waals surface area contributed by atoms with Gasteiger partial charge in [-0.15, -0.1) is 11.7 Å². The maximum absolute atomic E-state index is 14.1. The molecule has 0 aliphatic heterocycles. The summed E-state index contributed by atoms with van der Waals surface area (Å²) in [6.45, 7) is 8.69. The van der Waals surface area contributed by atoms with E-state index in [1.54, 1.807) is 24.1 Å². The molecule has 1 aromatic carbocycles. The van der Waals surface area contributed by atoms with Crippen LogP contribution in [0, 0.1) is 11.6 Å². The normalized spacial score (nSPS) is 17.9. The summed E-state index contributed by atoms with van der Waals surface area (Å²) in [5.41, 5.74) is 1.54. The summed E-state index contributed by atoms with van der Waals surface area (Å²) >= 11 is 0. The molecule has 1 aromatic heterocycles. The lowest BCUT2D eigenvalue weighted by molar-refractivity contribution is -0.130. The Morgan fingerprint density at radius 1 is 1.21 bits per heavy atom. The first-order valence-corrected chi connectivity index (χ1v) is 9.60. The van der Waals surface area contributed by atoms with Crippen molar-refractivity contribution in [2.45, 2.75) is 45.6 Å². The van der Waals surface area contributed by atoms with Crippen LogP contribution >= 0.6 is 0 Å². The summed E-state index contributed by atoms with van der Waals surface area (Å²) in [6.07, 6.45) is 7.34. The molecule has 1 amide bonds. The lowest BCUT2D eigenvalue weighted by Crippen LogP contribution is -2.33. The molecule has 29 heavy (non-hydrogen) atoms. The van der Waals surface area contributed by atoms with E-state index in [0.29, 0.717) is 5.69 Å². The number of aromatic nitrogens is 2. The number of halogens is 2. The number of allylic oxidation sites excluding steroid dienone is 3. The van der Waals surface area contributed by atoms with E-state index >= 15 is 0 Å². The molecule has 0 fully saturated rings. The second kappa shape index (κ2) is 10.0. The van der Waals surface area contributed by atoms with Crippen LogP contribution in [0.3, 0.4) is 0 Å². The largest absolute Gasteiger partial charge is 0.337 e. The third-order valence-corrected chi connectivity index (χ3v) is 4.93. The van der Waals surface area contributed by atoms with Gasteiger partial charge in [0.25, 0.3) is 0 Å². The van der Waals surface area contributed by atoms with E-state index in [0.717, 1.165) is 18.4 Å². The molecular weight excluding hydrogens is 372 g/mol. The Balaban J connectivity index is 0.000000941. The van der Waals surface area contributed by atoms with Gasteiger partial charge in [0.05, 0.1) is 23.0 Å². The van der Waals surface area contributed by atoms with Gasteiger partial charge in [-0.05, 0) is 50.5 Å². The highest BCUT2D eigenvalue weighted by Gasteiger charge is 2.32. The molecule has 0 bridgehead atoms. The minimum Gasteiger partial charge on any atom is -0.337 e. The fraction of sp³-hybridized carbons (Fsp3) is 0.348. The average Bonchev–Trinajstić information content (AvgIpc) is 2.68. The summed E-state index contributed by atoms with van der Waals surface area (Å²) in [5, 5.41) is 8.36. The van der Waals surface area contributed by atoms with Crippen molar-refractivity contribution >= 4 is 5.91 Å². The van der Waals surface area contributed by atoms with Crippen LogP contribution in [0.5, 0.6) is 0 Å². The van der Waals surface area contributed by atoms with Crippen LogP contribution in [0.2, 0.25) is 0 Å². The SMILES string of the molecule is C/C=C\[C@H]1CCC(N(C)C(C)=O)c2nnc(-c3c(F)cccc3F)cc21.C=CC. The molecule has 0 spiro atoms. The van der Waals surface area contributed by atoms with Crippen molar-refractivity contribution in [3.05, 3.63) is 72.0 Å². The maximum atomic E-state index is 14.1. The fourth-order valence-electron chi connectivity index (χ4n) is 3.49. The molecule has 4 nitrogen and oxygen atoms in total. The van der Waals surface area contributed by atoms with Gasteiger partial charge in [0, 0.05) is 19.9 Å². The Kier molecular flexibility index (Phi) is 7.76. The number of amides is 1. The first kappa shape index (κ1) is 22.4. The number of fused-ring (bicyclic) bond motifs is 1. The van der Waals surface area contributed by atoms with E-state index < -0.39 is 11.6 Å². The van der Waals surface area contributed by atoms with Crippen LogP contribution in [0.15, 0.2) is 49.1 Å². The third kappa shape index (κ3) is 4.94. The van der Waals surface area contributed by atoms with Gasteiger partial charge in [-0.2, -0.15) is 5.10 Å². The van der Waals surface area contributed by atoms with E-state index in [9.17, 15) is 13.6 Å². The standard InChI is InChI=1S/C20H21F2N3O.C3H6/c1-4-6-13-9-10-18(25(3)12(2)26)20-14(13)11-17(23-24-20)19-15(21)7-5-8-16(19)22;1-3-2/h4-8,11,13,18H,9-10H2,1-3H3;3H,1H2,2H3/b6-4-;/t13-,18?;/m0./s1. The van der Waals surface area contributed by atoms with Crippen LogP contribution in [-0.2, 0) is 4.79 Å². The summed E-state index contributed by atoms with van der Waals surface area (Å²) in [5.74, 6) is -1.32. The molecule has 0 radical (unpaired) electrons. The minimum absolute atomic E-state index is 0.0588. The molecule has 1 aliphatic rings. The molecule has 154 valence electrons. The number of carbonyl (C=O) groups is 1. The van der Waals surface area contributed by atoms with Crippen LogP contribution in [0.1, 0.15) is 56.8 Å². The molecule has 1 aliphatic carbocycles. The quantitative estimate of drug-likeness (QED) is 0.632. The van der Waals surface area contributed by atoms with E-state index in [1.165, 1.54) is 25.1 Å². The molecule has 1 unspecified atom stereocenters. The highest BCUT2D eigenvalue weighted by atomic mass is 19.1. The van der Waals surface area contributed by atoms with Crippen LogP contribution < -0.4 is 0 Å². The van der Waals surface area contributed by atoms with Crippen molar-refractivity contribution < 1.29 is 13.6 Å². The van der Waals surface area contributed by atoms with Gasteiger partial charge in [-0.1, -0.05) is 24.3 Å². The predicted molar refractivity (Wildman–Crippen MR) is 111 cm³/mol. The summed E-state index contributed by atoms with van der Waals surface area (Å²) < 4.78 is 28.3. The van der Waals surface area contributed by atoms with E-state index in [1.807, 2.05) is 26.0 Å². The molecular formula is C23H27F2N3O. The van der Waals surface area contributed by atoms with Gasteiger partial charge < -0.3 is 4.90 Å². The smallest absolute Gasteiger partial charge is 0.219 e. The lowest BCUT2D eigenvalue weighted by Gasteiger charge is -2.34. The minimum atomic E-state index is -0.671. The summed E-state index contributed by atoms with van der Waals surface area (Å²) in [6, 6.07) is 5.25. The average molecular weight is 399 g/mol. The fourth-order valence-corrected chi connectivity index (χ4v) is 3.49. The van der Waals surface area contributed by atoms with Crippen LogP contribution in [0.4, 0.5) is 8.78 Å². The lowest BCUT2D eigenvalue weighted by atomic mass is 9.82. The first-order valence-electron chi connectivity index (χ1n) is 9.60. The van der Waals surface area contributed by atoms with E-state index in [2.05, 4.69) is 16.8 Å². The van der Waals surface area contributed by atoms with Crippen molar-refractivity contribution in [2.24, 2.45) is 0 Å². The Hall–Kier alpha value is -2.89. The number of nitrogens with zero attached hydrogens (tertiary/aromatic N) is 3. The molecule has 0 saturated carbocycles.